The summed E-state index contributed by atoms with van der Waals surface area (Å²) >= 11 is 0. The lowest BCUT2D eigenvalue weighted by atomic mass is 9.84. The first-order valence-corrected chi connectivity index (χ1v) is 9.93. The van der Waals surface area contributed by atoms with Crippen molar-refractivity contribution in [1.29, 1.82) is 0 Å². The minimum atomic E-state index is -0.660. The first-order valence-electron chi connectivity index (χ1n) is 9.93. The highest BCUT2D eigenvalue weighted by Crippen LogP contribution is 2.44. The second-order valence-electron chi connectivity index (χ2n) is 7.95. The third-order valence-electron chi connectivity index (χ3n) is 5.73. The Labute approximate surface area is 168 Å². The summed E-state index contributed by atoms with van der Waals surface area (Å²) in [5.74, 6) is 7.53. The van der Waals surface area contributed by atoms with Crippen LogP contribution >= 0.6 is 0 Å². The second-order valence-corrected chi connectivity index (χ2v) is 7.95. The van der Waals surface area contributed by atoms with Crippen molar-refractivity contribution in [3.05, 3.63) is 58.1 Å². The molecule has 0 spiro atoms. The van der Waals surface area contributed by atoms with Crippen molar-refractivity contribution >= 4 is 0 Å². The zero-order valence-corrected chi connectivity index (χ0v) is 17.6. The summed E-state index contributed by atoms with van der Waals surface area (Å²) in [6.07, 6.45) is 1.61. The average Bonchev–Trinajstić information content (AvgIpc) is 2.67. The number of hydrogen-bond acceptors (Lipinski definition) is 3. The largest absolute Gasteiger partial charge is 0.488 e. The van der Waals surface area contributed by atoms with Gasteiger partial charge in [0, 0.05) is 12.0 Å². The van der Waals surface area contributed by atoms with Crippen LogP contribution in [-0.4, -0.2) is 16.8 Å². The highest BCUT2D eigenvalue weighted by molar-refractivity contribution is 5.59. The van der Waals surface area contributed by atoms with Crippen molar-refractivity contribution in [2.75, 3.05) is 0 Å². The Morgan fingerprint density at radius 2 is 1.86 bits per heavy atom. The first kappa shape index (κ1) is 20.3. The van der Waals surface area contributed by atoms with Gasteiger partial charge in [-0.2, -0.15) is 0 Å². The Morgan fingerprint density at radius 1 is 1.14 bits per heavy atom. The van der Waals surface area contributed by atoms with Crippen molar-refractivity contribution in [3.63, 3.8) is 0 Å². The molecule has 2 atom stereocenters. The molecular weight excluding hydrogens is 348 g/mol. The number of benzene rings is 2. The zero-order chi connectivity index (χ0) is 20.3. The Bertz CT molecular complexity index is 905. The smallest absolute Gasteiger partial charge is 0.127 e. The quantitative estimate of drug-likeness (QED) is 0.740. The number of ether oxygens (including phenoxy) is 2. The summed E-state index contributed by atoms with van der Waals surface area (Å²) in [5, 5.41) is 10.1. The molecular formula is C25H30O3. The summed E-state index contributed by atoms with van der Waals surface area (Å²) in [6.45, 7) is 10.7. The molecule has 0 bridgehead atoms. The van der Waals surface area contributed by atoms with Gasteiger partial charge < -0.3 is 14.6 Å². The van der Waals surface area contributed by atoms with E-state index in [9.17, 15) is 5.11 Å². The minimum Gasteiger partial charge on any atom is -0.488 e. The Balaban J connectivity index is 1.87. The molecule has 0 fully saturated rings. The van der Waals surface area contributed by atoms with E-state index in [2.05, 4.69) is 51.7 Å². The molecule has 3 heteroatoms. The van der Waals surface area contributed by atoms with Crippen LogP contribution in [-0.2, 0) is 13.0 Å². The highest BCUT2D eigenvalue weighted by Gasteiger charge is 2.36. The minimum absolute atomic E-state index is 0.410. The number of rotatable bonds is 5. The van der Waals surface area contributed by atoms with Crippen molar-refractivity contribution in [3.8, 4) is 23.3 Å². The predicted octanol–water partition coefficient (Wildman–Crippen LogP) is 5.05. The highest BCUT2D eigenvalue weighted by atomic mass is 16.5. The van der Waals surface area contributed by atoms with Crippen LogP contribution in [0, 0.1) is 32.6 Å². The molecule has 0 aliphatic carbocycles. The molecule has 0 saturated heterocycles. The van der Waals surface area contributed by atoms with Crippen LogP contribution in [0.4, 0.5) is 0 Å². The molecule has 2 aromatic rings. The van der Waals surface area contributed by atoms with E-state index >= 15 is 0 Å². The number of fused-ring (bicyclic) bond motifs is 1. The van der Waals surface area contributed by atoms with Gasteiger partial charge in [-0.05, 0) is 69.7 Å². The average molecular weight is 379 g/mol. The summed E-state index contributed by atoms with van der Waals surface area (Å²) < 4.78 is 12.7. The van der Waals surface area contributed by atoms with Crippen LogP contribution in [0.25, 0.3) is 0 Å². The number of hydrogen-bond donors (Lipinski definition) is 1. The zero-order valence-electron chi connectivity index (χ0n) is 17.6. The fourth-order valence-electron chi connectivity index (χ4n) is 4.00. The standard InChI is InChI=1S/C25H30O3/c1-6-10-21(26)15-25(5)14-13-22-19(4)23(17(2)18(3)24(22)28-25)27-16-20-11-8-7-9-12-20/h7-9,11-12,21,26H,13-16H2,1-5H3/t21-,25-/m0/s1. The van der Waals surface area contributed by atoms with Crippen LogP contribution in [0.2, 0.25) is 0 Å². The van der Waals surface area contributed by atoms with E-state index in [0.29, 0.717) is 13.0 Å². The molecule has 1 aliphatic heterocycles. The van der Waals surface area contributed by atoms with Gasteiger partial charge >= 0.3 is 0 Å². The molecule has 1 heterocycles. The second kappa shape index (κ2) is 8.29. The molecule has 2 aromatic carbocycles. The molecule has 0 amide bonds. The van der Waals surface area contributed by atoms with Gasteiger partial charge in [-0.3, -0.25) is 0 Å². The SMILES string of the molecule is CC#C[C@H](O)C[C@]1(C)CCc2c(C)c(OCc3ccccc3)c(C)c(C)c2O1. The van der Waals surface area contributed by atoms with E-state index in [-0.39, 0.29) is 0 Å². The predicted molar refractivity (Wildman–Crippen MR) is 113 cm³/mol. The molecule has 3 nitrogen and oxygen atoms in total. The van der Waals surface area contributed by atoms with Gasteiger partial charge in [0.25, 0.3) is 0 Å². The fourth-order valence-corrected chi connectivity index (χ4v) is 4.00. The molecule has 0 radical (unpaired) electrons. The van der Waals surface area contributed by atoms with Crippen LogP contribution in [0.3, 0.4) is 0 Å². The molecule has 148 valence electrons. The van der Waals surface area contributed by atoms with E-state index in [1.807, 2.05) is 18.2 Å². The third kappa shape index (κ3) is 4.18. The lowest BCUT2D eigenvalue weighted by Gasteiger charge is -2.38. The lowest BCUT2D eigenvalue weighted by molar-refractivity contribution is 0.0236. The summed E-state index contributed by atoms with van der Waals surface area (Å²) in [5.41, 5.74) is 5.36. The van der Waals surface area contributed by atoms with Crippen LogP contribution in [0.1, 0.15) is 54.5 Å². The number of aliphatic hydroxyl groups is 1. The van der Waals surface area contributed by atoms with E-state index in [0.717, 1.165) is 46.6 Å². The Hall–Kier alpha value is -2.44. The van der Waals surface area contributed by atoms with Gasteiger partial charge in [0.15, 0.2) is 0 Å². The topological polar surface area (TPSA) is 38.7 Å². The van der Waals surface area contributed by atoms with E-state index < -0.39 is 11.7 Å². The molecule has 0 unspecified atom stereocenters. The lowest BCUT2D eigenvalue weighted by Crippen LogP contribution is -2.40. The van der Waals surface area contributed by atoms with E-state index in [1.165, 1.54) is 5.56 Å². The van der Waals surface area contributed by atoms with Crippen molar-refractivity contribution in [2.45, 2.75) is 72.2 Å². The monoisotopic (exact) mass is 378 g/mol. The molecule has 1 aliphatic rings. The van der Waals surface area contributed by atoms with Crippen molar-refractivity contribution in [1.82, 2.24) is 0 Å². The van der Waals surface area contributed by atoms with Crippen LogP contribution < -0.4 is 9.47 Å². The maximum atomic E-state index is 10.1. The summed E-state index contributed by atoms with van der Waals surface area (Å²) in [7, 11) is 0. The van der Waals surface area contributed by atoms with Gasteiger partial charge in [-0.15, -0.1) is 5.92 Å². The van der Waals surface area contributed by atoms with Gasteiger partial charge in [0.1, 0.15) is 29.8 Å². The van der Waals surface area contributed by atoms with Gasteiger partial charge in [-0.25, -0.2) is 0 Å². The van der Waals surface area contributed by atoms with Crippen molar-refractivity contribution < 1.29 is 14.6 Å². The van der Waals surface area contributed by atoms with E-state index in [1.54, 1.807) is 6.92 Å². The maximum absolute atomic E-state index is 10.1. The Kier molecular flexibility index (Phi) is 6.01. The van der Waals surface area contributed by atoms with Crippen LogP contribution in [0.5, 0.6) is 11.5 Å². The van der Waals surface area contributed by atoms with Gasteiger partial charge in [0.05, 0.1) is 0 Å². The first-order chi connectivity index (χ1) is 13.3. The third-order valence-corrected chi connectivity index (χ3v) is 5.73. The summed E-state index contributed by atoms with van der Waals surface area (Å²) in [4.78, 5) is 0. The Morgan fingerprint density at radius 3 is 2.54 bits per heavy atom. The van der Waals surface area contributed by atoms with Gasteiger partial charge in [-0.1, -0.05) is 36.3 Å². The molecule has 1 N–H and O–H groups in total. The van der Waals surface area contributed by atoms with Crippen LogP contribution in [0.15, 0.2) is 30.3 Å². The number of aliphatic hydroxyl groups excluding tert-OH is 1. The molecule has 0 saturated carbocycles. The van der Waals surface area contributed by atoms with Gasteiger partial charge in [0.2, 0.25) is 0 Å². The molecule has 28 heavy (non-hydrogen) atoms. The van der Waals surface area contributed by atoms with E-state index in [4.69, 9.17) is 9.47 Å². The summed E-state index contributed by atoms with van der Waals surface area (Å²) in [6, 6.07) is 10.2. The maximum Gasteiger partial charge on any atom is 0.127 e. The fraction of sp³-hybridized carbons (Fsp3) is 0.440. The molecule has 3 rings (SSSR count). The molecule has 0 aromatic heterocycles. The van der Waals surface area contributed by atoms with Crippen molar-refractivity contribution in [2.24, 2.45) is 0 Å². The normalized spacial score (nSPS) is 19.1.